The number of fused-ring (bicyclic) bond motifs is 5. The molecule has 0 saturated heterocycles. The van der Waals surface area contributed by atoms with E-state index in [2.05, 4.69) is 226 Å². The third-order valence-corrected chi connectivity index (χ3v) is 14.4. The van der Waals surface area contributed by atoms with Crippen LogP contribution in [0.1, 0.15) is 36.6 Å². The summed E-state index contributed by atoms with van der Waals surface area (Å²) >= 11 is 0. The summed E-state index contributed by atoms with van der Waals surface area (Å²) in [7, 11) is 0. The van der Waals surface area contributed by atoms with Crippen molar-refractivity contribution in [1.29, 1.82) is 0 Å². The molecule has 1 aliphatic rings. The third-order valence-electron chi connectivity index (χ3n) is 14.4. The molecule has 0 amide bonds. The normalized spacial score (nSPS) is 16.7. The molecule has 0 spiro atoms. The molecule has 0 fully saturated rings. The summed E-state index contributed by atoms with van der Waals surface area (Å²) in [4.78, 5) is 11.2. The van der Waals surface area contributed by atoms with Crippen LogP contribution in [0.25, 0.3) is 98.4 Å². The summed E-state index contributed by atoms with van der Waals surface area (Å²) in [6, 6.07) is 77.0. The van der Waals surface area contributed by atoms with E-state index in [0.717, 1.165) is 28.3 Å². The SMILES string of the molecule is CC1C(c2cccc3ccccc23)=NC(c2ccc3ccccc3c2)=NC(c2cccc(-c3cccc(-c4cccc(-c5ccc6c(c5)c5cccc7oc8cccc6c8c75)c4)c3)c2)C1C. The minimum Gasteiger partial charge on any atom is -0.456 e. The summed E-state index contributed by atoms with van der Waals surface area (Å²) in [5.74, 6) is 1.07. The van der Waals surface area contributed by atoms with Crippen LogP contribution in [0.3, 0.4) is 0 Å². The van der Waals surface area contributed by atoms with E-state index in [4.69, 9.17) is 14.4 Å². The van der Waals surface area contributed by atoms with Gasteiger partial charge in [-0.05, 0) is 130 Å². The molecule has 2 heterocycles. The molecule has 0 radical (unpaired) electrons. The van der Waals surface area contributed by atoms with Crippen LogP contribution >= 0.6 is 0 Å². The molecular weight excluding hydrogens is 801 g/mol. The number of hydrogen-bond donors (Lipinski definition) is 0. The number of hydrogen-bond acceptors (Lipinski definition) is 3. The summed E-state index contributed by atoms with van der Waals surface area (Å²) in [6.45, 7) is 4.68. The van der Waals surface area contributed by atoms with Gasteiger partial charge in [-0.3, -0.25) is 4.99 Å². The van der Waals surface area contributed by atoms with E-state index in [0.29, 0.717) is 0 Å². The Morgan fingerprint density at radius 3 is 1.65 bits per heavy atom. The highest BCUT2D eigenvalue weighted by molar-refractivity contribution is 6.33. The highest BCUT2D eigenvalue weighted by atomic mass is 16.3. The van der Waals surface area contributed by atoms with Crippen molar-refractivity contribution in [2.75, 3.05) is 0 Å². The van der Waals surface area contributed by atoms with Crippen molar-refractivity contribution in [1.82, 2.24) is 0 Å². The Labute approximate surface area is 383 Å². The number of rotatable bonds is 6. The lowest BCUT2D eigenvalue weighted by Gasteiger charge is -2.26. The van der Waals surface area contributed by atoms with Gasteiger partial charge in [0.1, 0.15) is 11.2 Å². The van der Waals surface area contributed by atoms with Gasteiger partial charge in [0, 0.05) is 27.8 Å². The second kappa shape index (κ2) is 15.3. The second-order valence-electron chi connectivity index (χ2n) is 18.1. The Hall–Kier alpha value is -8.14. The molecule has 0 aliphatic carbocycles. The van der Waals surface area contributed by atoms with Crippen molar-refractivity contribution >= 4 is 76.6 Å². The van der Waals surface area contributed by atoms with Crippen LogP contribution in [0, 0.1) is 11.8 Å². The van der Waals surface area contributed by atoms with Gasteiger partial charge in [-0.1, -0.05) is 184 Å². The van der Waals surface area contributed by atoms with Crippen LogP contribution in [-0.4, -0.2) is 11.5 Å². The van der Waals surface area contributed by atoms with Crippen LogP contribution < -0.4 is 0 Å². The van der Waals surface area contributed by atoms with E-state index in [1.807, 2.05) is 0 Å². The lowest BCUT2D eigenvalue weighted by molar-refractivity contribution is 0.406. The van der Waals surface area contributed by atoms with Crippen LogP contribution in [0.5, 0.6) is 0 Å². The number of amidine groups is 1. The number of benzene rings is 11. The van der Waals surface area contributed by atoms with Gasteiger partial charge in [0.05, 0.1) is 11.8 Å². The highest BCUT2D eigenvalue weighted by Crippen LogP contribution is 2.44. The average Bonchev–Trinajstić information content (AvgIpc) is 3.72. The standard InChI is InChI=1S/C63H44N2O/c1-38-39(2)62(55-26-10-16-41-14-5-6-23-51(41)55)65-63(50-30-29-40-13-3-4-15-42(40)36-50)64-61(38)49-22-9-21-47(35-49)45-19-7-17-43(33-45)44-18-8-20-46(34-44)48-31-32-52-53-24-11-27-57-59(53)60-54(56(52)37-48)25-12-28-58(60)66-57/h3-39,61H,1-2H3. The fourth-order valence-electron chi connectivity index (χ4n) is 10.8. The molecule has 312 valence electrons. The monoisotopic (exact) mass is 844 g/mol. The van der Waals surface area contributed by atoms with E-state index in [1.54, 1.807) is 0 Å². The number of nitrogens with zero attached hydrogens (tertiary/aromatic N) is 2. The molecule has 3 heteroatoms. The van der Waals surface area contributed by atoms with Crippen molar-refractivity contribution in [3.8, 4) is 33.4 Å². The zero-order valence-corrected chi connectivity index (χ0v) is 36.7. The van der Waals surface area contributed by atoms with Gasteiger partial charge in [0.2, 0.25) is 0 Å². The number of aliphatic imine (C=N–C) groups is 2. The largest absolute Gasteiger partial charge is 0.456 e. The smallest absolute Gasteiger partial charge is 0.155 e. The van der Waals surface area contributed by atoms with Crippen molar-refractivity contribution < 1.29 is 4.42 Å². The third kappa shape index (κ3) is 6.26. The Bertz CT molecular complexity index is 3940. The maximum atomic E-state index is 6.31. The fraction of sp³-hybridized carbons (Fsp3) is 0.0794. The topological polar surface area (TPSA) is 37.9 Å². The zero-order chi connectivity index (χ0) is 43.9. The maximum absolute atomic E-state index is 6.31. The van der Waals surface area contributed by atoms with Crippen molar-refractivity contribution in [3.63, 3.8) is 0 Å². The van der Waals surface area contributed by atoms with Crippen LogP contribution in [0.4, 0.5) is 0 Å². The average molecular weight is 845 g/mol. The first-order valence-electron chi connectivity index (χ1n) is 23.1. The van der Waals surface area contributed by atoms with Crippen LogP contribution in [0.2, 0.25) is 0 Å². The first kappa shape index (κ1) is 38.3. The highest BCUT2D eigenvalue weighted by Gasteiger charge is 2.32. The van der Waals surface area contributed by atoms with Crippen molar-refractivity contribution in [2.24, 2.45) is 21.8 Å². The molecule has 0 N–H and O–H groups in total. The van der Waals surface area contributed by atoms with Gasteiger partial charge >= 0.3 is 0 Å². The van der Waals surface area contributed by atoms with Crippen LogP contribution in [-0.2, 0) is 0 Å². The van der Waals surface area contributed by atoms with E-state index < -0.39 is 0 Å². The predicted molar refractivity (Wildman–Crippen MR) is 278 cm³/mol. The summed E-state index contributed by atoms with van der Waals surface area (Å²) < 4.78 is 6.31. The van der Waals surface area contributed by atoms with E-state index in [1.165, 1.54) is 98.4 Å². The molecule has 3 unspecified atom stereocenters. The van der Waals surface area contributed by atoms with E-state index >= 15 is 0 Å². The van der Waals surface area contributed by atoms with Gasteiger partial charge in [-0.2, -0.15) is 0 Å². The van der Waals surface area contributed by atoms with Gasteiger partial charge in [0.15, 0.2) is 5.84 Å². The van der Waals surface area contributed by atoms with Gasteiger partial charge in [-0.15, -0.1) is 0 Å². The van der Waals surface area contributed by atoms with Crippen LogP contribution in [0.15, 0.2) is 227 Å². The molecule has 0 bridgehead atoms. The zero-order valence-electron chi connectivity index (χ0n) is 36.7. The van der Waals surface area contributed by atoms with Crippen molar-refractivity contribution in [2.45, 2.75) is 19.9 Å². The molecule has 3 nitrogen and oxygen atoms in total. The Balaban J connectivity index is 0.869. The van der Waals surface area contributed by atoms with E-state index in [-0.39, 0.29) is 17.9 Å². The Morgan fingerprint density at radius 1 is 0.379 bits per heavy atom. The predicted octanol–water partition coefficient (Wildman–Crippen LogP) is 16.9. The van der Waals surface area contributed by atoms with Crippen molar-refractivity contribution in [3.05, 3.63) is 229 Å². The molecule has 1 aromatic heterocycles. The lowest BCUT2D eigenvalue weighted by atomic mass is 9.80. The molecule has 12 aromatic rings. The fourth-order valence-corrected chi connectivity index (χ4v) is 10.8. The summed E-state index contributed by atoms with van der Waals surface area (Å²) in [5.41, 5.74) is 13.4. The molecule has 3 atom stereocenters. The molecule has 13 rings (SSSR count). The Morgan fingerprint density at radius 2 is 0.924 bits per heavy atom. The Kier molecular flexibility index (Phi) is 8.86. The molecule has 11 aromatic carbocycles. The van der Waals surface area contributed by atoms with E-state index in [9.17, 15) is 0 Å². The molecule has 66 heavy (non-hydrogen) atoms. The summed E-state index contributed by atoms with van der Waals surface area (Å²) in [5, 5.41) is 12.2. The van der Waals surface area contributed by atoms with Gasteiger partial charge in [0.25, 0.3) is 0 Å². The number of furan rings is 1. The lowest BCUT2D eigenvalue weighted by Crippen LogP contribution is -2.23. The van der Waals surface area contributed by atoms with Gasteiger partial charge < -0.3 is 4.42 Å². The minimum absolute atomic E-state index is 0.117. The first-order valence-corrected chi connectivity index (χ1v) is 23.1. The molecular formula is C63H44N2O. The molecule has 0 saturated carbocycles. The maximum Gasteiger partial charge on any atom is 0.155 e. The minimum atomic E-state index is -0.117. The first-order chi connectivity index (χ1) is 32.5. The summed E-state index contributed by atoms with van der Waals surface area (Å²) in [6.07, 6.45) is 0. The van der Waals surface area contributed by atoms with Gasteiger partial charge in [-0.25, -0.2) is 4.99 Å². The molecule has 1 aliphatic heterocycles. The second-order valence-corrected chi connectivity index (χ2v) is 18.1. The quantitative estimate of drug-likeness (QED) is 0.154.